The molecule has 1 saturated heterocycles. The van der Waals surface area contributed by atoms with Gasteiger partial charge in [-0.25, -0.2) is 9.69 Å². The summed E-state index contributed by atoms with van der Waals surface area (Å²) in [6.07, 6.45) is 3.12. The number of esters is 1. The number of hydrogen-bond acceptors (Lipinski definition) is 5. The summed E-state index contributed by atoms with van der Waals surface area (Å²) in [4.78, 5) is 39.8. The third kappa shape index (κ3) is 2.25. The summed E-state index contributed by atoms with van der Waals surface area (Å²) in [6.45, 7) is 0. The maximum absolute atomic E-state index is 12.9. The van der Waals surface area contributed by atoms with Gasteiger partial charge in [0, 0.05) is 6.07 Å². The molecule has 3 fully saturated rings. The molecular weight excluding hydrogens is 350 g/mol. The van der Waals surface area contributed by atoms with E-state index in [1.54, 1.807) is 36.4 Å². The molecule has 5 nitrogen and oxygen atoms in total. The third-order valence-electron chi connectivity index (χ3n) is 5.94. The molecule has 2 aromatic rings. The molecule has 2 aliphatic carbocycles. The van der Waals surface area contributed by atoms with Gasteiger partial charge in [-0.15, -0.1) is 11.3 Å². The molecule has 0 N–H and O–H groups in total. The smallest absolute Gasteiger partial charge is 0.353 e. The van der Waals surface area contributed by atoms with E-state index in [-0.39, 0.29) is 23.7 Å². The van der Waals surface area contributed by atoms with Crippen LogP contribution in [0.5, 0.6) is 5.75 Å². The number of benzene rings is 1. The summed E-state index contributed by atoms with van der Waals surface area (Å²) in [6, 6.07) is 10.2. The van der Waals surface area contributed by atoms with E-state index >= 15 is 0 Å². The van der Waals surface area contributed by atoms with Crippen LogP contribution in [0.15, 0.2) is 41.8 Å². The van der Waals surface area contributed by atoms with E-state index in [2.05, 4.69) is 0 Å². The molecule has 132 valence electrons. The fourth-order valence-electron chi connectivity index (χ4n) is 4.90. The third-order valence-corrected chi connectivity index (χ3v) is 6.79. The van der Waals surface area contributed by atoms with E-state index in [1.165, 1.54) is 16.2 Å². The summed E-state index contributed by atoms with van der Waals surface area (Å²) in [5.41, 5.74) is 0.491. The number of amides is 2. The quantitative estimate of drug-likeness (QED) is 0.473. The van der Waals surface area contributed by atoms with Crippen molar-refractivity contribution < 1.29 is 19.1 Å². The van der Waals surface area contributed by atoms with Crippen molar-refractivity contribution in [2.45, 2.75) is 19.3 Å². The second kappa shape index (κ2) is 5.77. The number of rotatable bonds is 3. The molecule has 26 heavy (non-hydrogen) atoms. The Morgan fingerprint density at radius 3 is 2.42 bits per heavy atom. The highest BCUT2D eigenvalue weighted by Crippen LogP contribution is 2.56. The number of hydrogen-bond donors (Lipinski definition) is 0. The van der Waals surface area contributed by atoms with Gasteiger partial charge in [0.2, 0.25) is 11.8 Å². The van der Waals surface area contributed by atoms with Gasteiger partial charge in [-0.3, -0.25) is 9.59 Å². The molecule has 3 aliphatic rings. The molecule has 0 unspecified atom stereocenters. The Hall–Kier alpha value is -2.47. The maximum atomic E-state index is 12.9. The molecule has 1 aromatic carbocycles. The Morgan fingerprint density at radius 1 is 1.04 bits per heavy atom. The minimum absolute atomic E-state index is 0.0890. The van der Waals surface area contributed by atoms with Crippen molar-refractivity contribution in [2.24, 2.45) is 23.7 Å². The lowest BCUT2D eigenvalue weighted by Gasteiger charge is -2.19. The van der Waals surface area contributed by atoms with Crippen molar-refractivity contribution >= 4 is 34.8 Å². The first kappa shape index (κ1) is 15.8. The number of nitrogens with zero attached hydrogens (tertiary/aromatic N) is 1. The normalized spacial score (nSPS) is 29.3. The second-order valence-corrected chi connectivity index (χ2v) is 8.21. The lowest BCUT2D eigenvalue weighted by Crippen LogP contribution is -2.32. The number of ether oxygens (including phenoxy) is 1. The second-order valence-electron chi connectivity index (χ2n) is 7.26. The van der Waals surface area contributed by atoms with Gasteiger partial charge >= 0.3 is 5.97 Å². The molecule has 0 radical (unpaired) electrons. The molecule has 2 saturated carbocycles. The minimum Gasteiger partial charge on any atom is -0.422 e. The van der Waals surface area contributed by atoms with Crippen molar-refractivity contribution in [1.29, 1.82) is 0 Å². The molecule has 2 heterocycles. The van der Waals surface area contributed by atoms with Gasteiger partial charge in [-0.05, 0) is 54.7 Å². The highest BCUT2D eigenvalue weighted by Gasteiger charge is 2.61. The lowest BCUT2D eigenvalue weighted by molar-refractivity contribution is -0.123. The number of anilines is 1. The van der Waals surface area contributed by atoms with Crippen LogP contribution in [-0.2, 0) is 9.59 Å². The zero-order valence-corrected chi connectivity index (χ0v) is 14.8. The monoisotopic (exact) mass is 367 g/mol. The van der Waals surface area contributed by atoms with Crippen LogP contribution < -0.4 is 9.64 Å². The van der Waals surface area contributed by atoms with Gasteiger partial charge in [0.1, 0.15) is 10.6 Å². The van der Waals surface area contributed by atoms with Crippen molar-refractivity contribution in [3.8, 4) is 5.75 Å². The van der Waals surface area contributed by atoms with E-state index in [9.17, 15) is 14.4 Å². The van der Waals surface area contributed by atoms with Crippen molar-refractivity contribution in [2.75, 3.05) is 4.90 Å². The maximum Gasteiger partial charge on any atom is 0.353 e. The minimum atomic E-state index is -0.439. The molecular formula is C20H17NO4S. The van der Waals surface area contributed by atoms with Gasteiger partial charge in [-0.1, -0.05) is 12.1 Å². The van der Waals surface area contributed by atoms with Crippen LogP contribution in [0.1, 0.15) is 28.9 Å². The highest BCUT2D eigenvalue weighted by atomic mass is 32.1. The lowest BCUT2D eigenvalue weighted by atomic mass is 9.81. The van der Waals surface area contributed by atoms with Crippen LogP contribution in [-0.4, -0.2) is 17.8 Å². The molecule has 5 rings (SSSR count). The summed E-state index contributed by atoms with van der Waals surface area (Å²) in [5.74, 6) is 0.116. The fraction of sp³-hybridized carbons (Fsp3) is 0.350. The van der Waals surface area contributed by atoms with Crippen LogP contribution in [0.2, 0.25) is 0 Å². The number of fused-ring (bicyclic) bond motifs is 5. The first-order valence-electron chi connectivity index (χ1n) is 8.87. The standard InChI is InChI=1S/C20H17NO4S/c22-18-16-11-6-7-12(9-11)17(16)19(23)21(18)13-3-1-4-14(10-13)25-20(24)15-5-2-8-26-15/h1-5,8,10-12,16-17H,6-7,9H2/t11-,12-,16-,17+/m0/s1. The molecule has 0 spiro atoms. The number of carbonyl (C=O) groups is 3. The Kier molecular flexibility index (Phi) is 3.50. The topological polar surface area (TPSA) is 63.7 Å². The van der Waals surface area contributed by atoms with E-state index in [4.69, 9.17) is 4.74 Å². The summed E-state index contributed by atoms with van der Waals surface area (Å²) < 4.78 is 5.40. The van der Waals surface area contributed by atoms with Gasteiger partial charge in [0.25, 0.3) is 0 Å². The molecule has 4 atom stereocenters. The molecule has 1 aliphatic heterocycles. The Labute approximate surface area is 154 Å². The number of carbonyl (C=O) groups excluding carboxylic acids is 3. The zero-order valence-electron chi connectivity index (χ0n) is 14.0. The van der Waals surface area contributed by atoms with E-state index in [0.29, 0.717) is 28.1 Å². The van der Waals surface area contributed by atoms with Crippen molar-refractivity contribution in [3.05, 3.63) is 46.7 Å². The fourth-order valence-corrected chi connectivity index (χ4v) is 5.50. The Morgan fingerprint density at radius 2 is 1.77 bits per heavy atom. The van der Waals surface area contributed by atoms with E-state index in [1.807, 2.05) is 5.38 Å². The van der Waals surface area contributed by atoms with Gasteiger partial charge in [0.05, 0.1) is 17.5 Å². The van der Waals surface area contributed by atoms with Crippen LogP contribution in [0.25, 0.3) is 0 Å². The summed E-state index contributed by atoms with van der Waals surface area (Å²) in [5, 5.41) is 1.81. The van der Waals surface area contributed by atoms with Crippen LogP contribution in [0, 0.1) is 23.7 Å². The van der Waals surface area contributed by atoms with Gasteiger partial charge in [0.15, 0.2) is 0 Å². The molecule has 1 aromatic heterocycles. The van der Waals surface area contributed by atoms with Crippen LogP contribution >= 0.6 is 11.3 Å². The van der Waals surface area contributed by atoms with Crippen LogP contribution in [0.4, 0.5) is 5.69 Å². The SMILES string of the molecule is O=C(Oc1cccc(N2C(=O)[C@@H]3[C@H]4CC[C@@H](C4)[C@@H]3C2=O)c1)c1cccs1. The highest BCUT2D eigenvalue weighted by molar-refractivity contribution is 7.12. The van der Waals surface area contributed by atoms with Crippen molar-refractivity contribution in [3.63, 3.8) is 0 Å². The largest absolute Gasteiger partial charge is 0.422 e. The predicted molar refractivity (Wildman–Crippen MR) is 96.0 cm³/mol. The number of imide groups is 1. The Balaban J connectivity index is 1.42. The average molecular weight is 367 g/mol. The van der Waals surface area contributed by atoms with Crippen LogP contribution in [0.3, 0.4) is 0 Å². The molecule has 2 bridgehead atoms. The van der Waals surface area contributed by atoms with Crippen molar-refractivity contribution in [1.82, 2.24) is 0 Å². The van der Waals surface area contributed by atoms with Gasteiger partial charge < -0.3 is 4.74 Å². The number of thiophene rings is 1. The summed E-state index contributed by atoms with van der Waals surface area (Å²) in [7, 11) is 0. The zero-order chi connectivity index (χ0) is 17.8. The first-order chi connectivity index (χ1) is 12.6. The first-order valence-corrected chi connectivity index (χ1v) is 9.75. The van der Waals surface area contributed by atoms with E-state index < -0.39 is 5.97 Å². The van der Waals surface area contributed by atoms with E-state index in [0.717, 1.165) is 19.3 Å². The summed E-state index contributed by atoms with van der Waals surface area (Å²) >= 11 is 1.31. The molecule has 2 amide bonds. The predicted octanol–water partition coefficient (Wildman–Crippen LogP) is 3.50. The average Bonchev–Trinajstić information content (AvgIpc) is 3.39. The Bertz CT molecular complexity index is 878. The molecule has 6 heteroatoms. The van der Waals surface area contributed by atoms with Gasteiger partial charge in [-0.2, -0.15) is 0 Å².